The van der Waals surface area contributed by atoms with Gasteiger partial charge in [-0.05, 0) is 38.1 Å². The Morgan fingerprint density at radius 1 is 1.25 bits per heavy atom. The molecule has 0 radical (unpaired) electrons. The first-order valence-corrected chi connectivity index (χ1v) is 7.00. The summed E-state index contributed by atoms with van der Waals surface area (Å²) in [5.74, 6) is 0.847. The molecule has 1 aliphatic heterocycles. The Balaban J connectivity index is 1.74. The van der Waals surface area contributed by atoms with Crippen molar-refractivity contribution >= 4 is 0 Å². The topological polar surface area (TPSA) is 62.2 Å². The molecule has 2 rings (SSSR count). The van der Waals surface area contributed by atoms with Gasteiger partial charge in [-0.2, -0.15) is 0 Å². The molecule has 5 heteroatoms. The highest BCUT2D eigenvalue weighted by Gasteiger charge is 2.23. The van der Waals surface area contributed by atoms with Gasteiger partial charge in [0.15, 0.2) is 0 Å². The van der Waals surface area contributed by atoms with E-state index >= 15 is 0 Å². The molecule has 0 amide bonds. The summed E-state index contributed by atoms with van der Waals surface area (Å²) < 4.78 is 11.2. The zero-order valence-corrected chi connectivity index (χ0v) is 12.0. The molecule has 1 aromatic carbocycles. The van der Waals surface area contributed by atoms with Crippen molar-refractivity contribution in [3.63, 3.8) is 0 Å². The molecule has 1 heterocycles. The first-order chi connectivity index (χ1) is 9.52. The Labute approximate surface area is 119 Å². The number of β-amino-alcohol motifs (C(OH)–C–C–N with tert-alkyl or cyclic N) is 1. The average molecular weight is 281 g/mol. The van der Waals surface area contributed by atoms with Gasteiger partial charge in [-0.15, -0.1) is 0 Å². The number of hydrogen-bond donors (Lipinski definition) is 2. The van der Waals surface area contributed by atoms with E-state index in [0.717, 1.165) is 13.1 Å². The van der Waals surface area contributed by atoms with Gasteiger partial charge in [0.05, 0.1) is 12.2 Å². The molecule has 0 aromatic heterocycles. The quantitative estimate of drug-likeness (QED) is 0.850. The molecule has 3 unspecified atom stereocenters. The number of rotatable bonds is 5. The van der Waals surface area contributed by atoms with Crippen molar-refractivity contribution in [3.05, 3.63) is 24.3 Å². The Morgan fingerprint density at radius 3 is 2.45 bits per heavy atom. The minimum absolute atomic E-state index is 0.198. The van der Waals surface area contributed by atoms with Crippen LogP contribution in [0.2, 0.25) is 0 Å². The summed E-state index contributed by atoms with van der Waals surface area (Å²) in [6, 6.07) is 6.49. The molecule has 1 saturated heterocycles. The number of aliphatic hydroxyl groups is 1. The van der Waals surface area contributed by atoms with Gasteiger partial charge in [0.1, 0.15) is 24.2 Å². The van der Waals surface area contributed by atoms with Crippen LogP contribution in [0.25, 0.3) is 0 Å². The predicted octanol–water partition coefficient (Wildman–Crippen LogP) is 1.24. The summed E-state index contributed by atoms with van der Waals surface area (Å²) in [4.78, 5) is 2.20. The van der Waals surface area contributed by atoms with Crippen molar-refractivity contribution in [2.75, 3.05) is 26.2 Å². The average Bonchev–Trinajstić information content (AvgIpc) is 2.37. The van der Waals surface area contributed by atoms with Crippen LogP contribution in [-0.4, -0.2) is 59.7 Å². The summed E-state index contributed by atoms with van der Waals surface area (Å²) >= 11 is 0. The van der Waals surface area contributed by atoms with Crippen molar-refractivity contribution in [2.45, 2.75) is 32.2 Å². The van der Waals surface area contributed by atoms with Crippen molar-refractivity contribution in [1.29, 1.82) is 0 Å². The standard InChI is InChI=1S/C15H23NO4/c1-11-7-16(8-12(2)20-11)9-14(18)10-19-15-5-3-13(17)4-6-15/h3-6,11-12,14,17-18H,7-10H2,1-2H3. The molecule has 1 fully saturated rings. The molecule has 0 aliphatic carbocycles. The fraction of sp³-hybridized carbons (Fsp3) is 0.600. The number of ether oxygens (including phenoxy) is 2. The molecular formula is C15H23NO4. The highest BCUT2D eigenvalue weighted by molar-refractivity contribution is 5.30. The van der Waals surface area contributed by atoms with E-state index in [1.54, 1.807) is 24.3 Å². The fourth-order valence-electron chi connectivity index (χ4n) is 2.52. The van der Waals surface area contributed by atoms with Crippen molar-refractivity contribution in [2.24, 2.45) is 0 Å². The smallest absolute Gasteiger partial charge is 0.119 e. The predicted molar refractivity (Wildman–Crippen MR) is 76.1 cm³/mol. The maximum absolute atomic E-state index is 10.0. The van der Waals surface area contributed by atoms with Crippen LogP contribution in [-0.2, 0) is 4.74 Å². The monoisotopic (exact) mass is 281 g/mol. The lowest BCUT2D eigenvalue weighted by Crippen LogP contribution is -2.48. The molecule has 3 atom stereocenters. The lowest BCUT2D eigenvalue weighted by Gasteiger charge is -2.36. The van der Waals surface area contributed by atoms with Gasteiger partial charge in [0.2, 0.25) is 0 Å². The van der Waals surface area contributed by atoms with Crippen LogP contribution in [0.4, 0.5) is 0 Å². The number of morpholine rings is 1. The molecule has 0 spiro atoms. The third-order valence-electron chi connectivity index (χ3n) is 3.24. The molecule has 112 valence electrons. The normalized spacial score (nSPS) is 25.4. The summed E-state index contributed by atoms with van der Waals surface area (Å²) in [7, 11) is 0. The van der Waals surface area contributed by atoms with Gasteiger partial charge in [-0.1, -0.05) is 0 Å². The maximum Gasteiger partial charge on any atom is 0.119 e. The zero-order valence-electron chi connectivity index (χ0n) is 12.0. The van der Waals surface area contributed by atoms with Crippen LogP contribution in [0.15, 0.2) is 24.3 Å². The van der Waals surface area contributed by atoms with Crippen LogP contribution in [0, 0.1) is 0 Å². The lowest BCUT2D eigenvalue weighted by molar-refractivity contribution is -0.0786. The molecule has 0 bridgehead atoms. The molecule has 5 nitrogen and oxygen atoms in total. The van der Waals surface area contributed by atoms with E-state index in [0.29, 0.717) is 12.3 Å². The van der Waals surface area contributed by atoms with E-state index in [9.17, 15) is 10.2 Å². The summed E-state index contributed by atoms with van der Waals surface area (Å²) in [5.41, 5.74) is 0. The summed E-state index contributed by atoms with van der Waals surface area (Å²) in [6.45, 7) is 6.58. The molecule has 0 saturated carbocycles. The van der Waals surface area contributed by atoms with Gasteiger partial charge < -0.3 is 19.7 Å². The highest BCUT2D eigenvalue weighted by atomic mass is 16.5. The van der Waals surface area contributed by atoms with Crippen LogP contribution in [0.1, 0.15) is 13.8 Å². The third kappa shape index (κ3) is 4.67. The second kappa shape index (κ2) is 6.92. The number of aromatic hydroxyl groups is 1. The number of phenols is 1. The minimum atomic E-state index is -0.540. The Bertz CT molecular complexity index is 399. The van der Waals surface area contributed by atoms with Gasteiger partial charge in [-0.25, -0.2) is 0 Å². The lowest BCUT2D eigenvalue weighted by atomic mass is 10.2. The highest BCUT2D eigenvalue weighted by Crippen LogP contribution is 2.16. The summed E-state index contributed by atoms with van der Waals surface area (Å²) in [6.07, 6.45) is -0.144. The largest absolute Gasteiger partial charge is 0.508 e. The number of benzene rings is 1. The second-order valence-electron chi connectivity index (χ2n) is 5.43. The first-order valence-electron chi connectivity index (χ1n) is 7.00. The molecule has 1 aromatic rings. The maximum atomic E-state index is 10.0. The van der Waals surface area contributed by atoms with Crippen LogP contribution in [0.3, 0.4) is 0 Å². The summed E-state index contributed by atoms with van der Waals surface area (Å²) in [5, 5.41) is 19.2. The number of hydrogen-bond acceptors (Lipinski definition) is 5. The zero-order chi connectivity index (χ0) is 14.5. The van der Waals surface area contributed by atoms with E-state index in [1.807, 2.05) is 13.8 Å². The van der Waals surface area contributed by atoms with Gasteiger partial charge in [-0.3, -0.25) is 4.90 Å². The fourth-order valence-corrected chi connectivity index (χ4v) is 2.52. The number of nitrogens with zero attached hydrogens (tertiary/aromatic N) is 1. The van der Waals surface area contributed by atoms with Crippen molar-refractivity contribution < 1.29 is 19.7 Å². The van der Waals surface area contributed by atoms with E-state index in [4.69, 9.17) is 9.47 Å². The third-order valence-corrected chi connectivity index (χ3v) is 3.24. The van der Waals surface area contributed by atoms with Gasteiger partial charge in [0, 0.05) is 19.6 Å². The van der Waals surface area contributed by atoms with E-state index in [1.165, 1.54) is 0 Å². The minimum Gasteiger partial charge on any atom is -0.508 e. The van der Waals surface area contributed by atoms with Crippen LogP contribution < -0.4 is 4.74 Å². The Morgan fingerprint density at radius 2 is 1.85 bits per heavy atom. The number of phenolic OH excluding ortho intramolecular Hbond substituents is 1. The van der Waals surface area contributed by atoms with Gasteiger partial charge in [0.25, 0.3) is 0 Å². The number of aliphatic hydroxyl groups excluding tert-OH is 1. The van der Waals surface area contributed by atoms with E-state index < -0.39 is 6.10 Å². The SMILES string of the molecule is CC1CN(CC(O)COc2ccc(O)cc2)CC(C)O1. The second-order valence-corrected chi connectivity index (χ2v) is 5.43. The molecular weight excluding hydrogens is 258 g/mol. The molecule has 1 aliphatic rings. The first kappa shape index (κ1) is 15.1. The van der Waals surface area contributed by atoms with E-state index in [-0.39, 0.29) is 24.6 Å². The van der Waals surface area contributed by atoms with E-state index in [2.05, 4.69) is 4.90 Å². The molecule has 20 heavy (non-hydrogen) atoms. The Hall–Kier alpha value is -1.30. The molecule has 2 N–H and O–H groups in total. The van der Waals surface area contributed by atoms with Crippen LogP contribution >= 0.6 is 0 Å². The van der Waals surface area contributed by atoms with Crippen molar-refractivity contribution in [1.82, 2.24) is 4.90 Å². The van der Waals surface area contributed by atoms with Gasteiger partial charge >= 0.3 is 0 Å². The van der Waals surface area contributed by atoms with Crippen molar-refractivity contribution in [3.8, 4) is 11.5 Å². The Kier molecular flexibility index (Phi) is 5.23. The van der Waals surface area contributed by atoms with Crippen LogP contribution in [0.5, 0.6) is 11.5 Å².